The minimum Gasteiger partial charge on any atom is -0.428 e. The van der Waals surface area contributed by atoms with Crippen LogP contribution in [0.1, 0.15) is 48.5 Å². The van der Waals surface area contributed by atoms with E-state index in [0.29, 0.717) is 5.57 Å². The Morgan fingerprint density at radius 2 is 1.50 bits per heavy atom. The van der Waals surface area contributed by atoms with Crippen molar-refractivity contribution in [2.75, 3.05) is 0 Å². The van der Waals surface area contributed by atoms with Gasteiger partial charge in [0.25, 0.3) is 0 Å². The summed E-state index contributed by atoms with van der Waals surface area (Å²) in [6.45, 7) is 11.9. The van der Waals surface area contributed by atoms with Gasteiger partial charge in [0, 0.05) is 12.5 Å². The minimum absolute atomic E-state index is 0.495. The molecule has 0 aliphatic heterocycles. The Morgan fingerprint density at radius 3 is 1.89 bits per heavy atom. The third-order valence-electron chi connectivity index (χ3n) is 1.98. The predicted octanol–water partition coefficient (Wildman–Crippen LogP) is 3.18. The van der Waals surface area contributed by atoms with Crippen molar-refractivity contribution in [2.24, 2.45) is 0 Å². The van der Waals surface area contributed by atoms with Gasteiger partial charge in [-0.3, -0.25) is 0 Å². The number of hydrogen-bond donors (Lipinski definition) is 0. The van der Waals surface area contributed by atoms with Crippen molar-refractivity contribution < 1.29 is 23.8 Å². The van der Waals surface area contributed by atoms with Crippen molar-refractivity contribution in [1.82, 2.24) is 0 Å². The van der Waals surface area contributed by atoms with Gasteiger partial charge in [0.2, 0.25) is 6.29 Å². The molecule has 0 radical (unpaired) electrons. The van der Waals surface area contributed by atoms with Gasteiger partial charge in [0.15, 0.2) is 0 Å². The van der Waals surface area contributed by atoms with E-state index in [4.69, 9.17) is 14.2 Å². The van der Waals surface area contributed by atoms with Crippen LogP contribution in [-0.2, 0) is 19.0 Å². The molecule has 5 nitrogen and oxygen atoms in total. The minimum atomic E-state index is -0.985. The molecule has 0 aromatic heterocycles. The summed E-state index contributed by atoms with van der Waals surface area (Å²) in [5, 5.41) is 0. The molecule has 0 amide bonds. The van der Waals surface area contributed by atoms with Gasteiger partial charge in [-0.1, -0.05) is 5.57 Å². The van der Waals surface area contributed by atoms with E-state index in [1.807, 2.05) is 0 Å². The van der Waals surface area contributed by atoms with Crippen LogP contribution in [-0.4, -0.2) is 24.0 Å². The molecule has 0 aromatic carbocycles. The second-order valence-corrected chi connectivity index (χ2v) is 5.18. The highest BCUT2D eigenvalue weighted by molar-refractivity contribution is 5.88. The molecule has 0 rings (SSSR count). The summed E-state index contributed by atoms with van der Waals surface area (Å²) in [6.07, 6.45) is -1.85. The van der Waals surface area contributed by atoms with Gasteiger partial charge in [-0.05, 0) is 41.5 Å². The van der Waals surface area contributed by atoms with Crippen LogP contribution in [0.4, 0.5) is 4.79 Å². The average Bonchev–Trinajstić information content (AvgIpc) is 2.12. The Balaban J connectivity index is 4.29. The van der Waals surface area contributed by atoms with Crippen LogP contribution >= 0.6 is 0 Å². The zero-order valence-corrected chi connectivity index (χ0v) is 12.1. The normalized spacial score (nSPS) is 12.4. The first kappa shape index (κ1) is 16.5. The van der Waals surface area contributed by atoms with E-state index < -0.39 is 24.0 Å². The molecular formula is C13H22O5. The molecular weight excluding hydrogens is 236 g/mol. The van der Waals surface area contributed by atoms with Gasteiger partial charge < -0.3 is 14.2 Å². The SMILES string of the molecule is CC(C)=C(C)C(=O)OC(C)OC(=O)OC(C)(C)C. The third-order valence-corrected chi connectivity index (χ3v) is 1.98. The monoisotopic (exact) mass is 258 g/mol. The molecule has 5 heteroatoms. The molecule has 0 saturated heterocycles. The van der Waals surface area contributed by atoms with E-state index in [9.17, 15) is 9.59 Å². The molecule has 0 aliphatic carbocycles. The second kappa shape index (κ2) is 6.42. The first-order valence-electron chi connectivity index (χ1n) is 5.77. The van der Waals surface area contributed by atoms with Crippen LogP contribution in [0, 0.1) is 0 Å². The zero-order valence-electron chi connectivity index (χ0n) is 12.1. The Bertz CT molecular complexity index is 345. The molecule has 0 fully saturated rings. The molecule has 1 unspecified atom stereocenters. The van der Waals surface area contributed by atoms with E-state index in [1.54, 1.807) is 41.5 Å². The fourth-order valence-corrected chi connectivity index (χ4v) is 0.877. The summed E-state index contributed by atoms with van der Waals surface area (Å²) < 4.78 is 14.7. The summed E-state index contributed by atoms with van der Waals surface area (Å²) in [6, 6.07) is 0. The highest BCUT2D eigenvalue weighted by Crippen LogP contribution is 2.11. The molecule has 0 spiro atoms. The van der Waals surface area contributed by atoms with Gasteiger partial charge in [-0.25, -0.2) is 9.59 Å². The highest BCUT2D eigenvalue weighted by atomic mass is 16.8. The zero-order chi connectivity index (χ0) is 14.5. The molecule has 0 heterocycles. The van der Waals surface area contributed by atoms with E-state index in [1.165, 1.54) is 6.92 Å². The summed E-state index contributed by atoms with van der Waals surface area (Å²) >= 11 is 0. The Hall–Kier alpha value is -1.52. The summed E-state index contributed by atoms with van der Waals surface area (Å²) in [7, 11) is 0. The summed E-state index contributed by atoms with van der Waals surface area (Å²) in [5.74, 6) is -0.508. The van der Waals surface area contributed by atoms with Crippen LogP contribution < -0.4 is 0 Å². The maximum Gasteiger partial charge on any atom is 0.511 e. The van der Waals surface area contributed by atoms with Crippen LogP contribution in [0.25, 0.3) is 0 Å². The number of carbonyl (C=O) groups is 2. The number of ether oxygens (including phenoxy) is 3. The Labute approximate surface area is 108 Å². The summed E-state index contributed by atoms with van der Waals surface area (Å²) in [5.41, 5.74) is 0.704. The average molecular weight is 258 g/mol. The van der Waals surface area contributed by atoms with Gasteiger partial charge in [-0.2, -0.15) is 0 Å². The highest BCUT2D eigenvalue weighted by Gasteiger charge is 2.21. The third kappa shape index (κ3) is 6.93. The molecule has 0 aromatic rings. The smallest absolute Gasteiger partial charge is 0.428 e. The van der Waals surface area contributed by atoms with Crippen molar-refractivity contribution in [3.63, 3.8) is 0 Å². The quantitative estimate of drug-likeness (QED) is 0.442. The lowest BCUT2D eigenvalue weighted by Crippen LogP contribution is -2.28. The Morgan fingerprint density at radius 1 is 1.00 bits per heavy atom. The maximum absolute atomic E-state index is 11.5. The van der Waals surface area contributed by atoms with E-state index >= 15 is 0 Å². The lowest BCUT2D eigenvalue weighted by Gasteiger charge is -2.21. The molecule has 0 aliphatic rings. The van der Waals surface area contributed by atoms with Crippen LogP contribution in [0.2, 0.25) is 0 Å². The molecule has 1 atom stereocenters. The first-order chi connectivity index (χ1) is 8.03. The van der Waals surface area contributed by atoms with Crippen molar-refractivity contribution in [2.45, 2.75) is 60.4 Å². The fraction of sp³-hybridized carbons (Fsp3) is 0.692. The van der Waals surface area contributed by atoms with Gasteiger partial charge in [-0.15, -0.1) is 0 Å². The van der Waals surface area contributed by atoms with Gasteiger partial charge in [0.1, 0.15) is 5.60 Å². The van der Waals surface area contributed by atoms with Crippen molar-refractivity contribution in [3.05, 3.63) is 11.1 Å². The number of carbonyl (C=O) groups excluding carboxylic acids is 2. The number of allylic oxidation sites excluding steroid dienone is 1. The van der Waals surface area contributed by atoms with Crippen molar-refractivity contribution in [1.29, 1.82) is 0 Å². The van der Waals surface area contributed by atoms with Gasteiger partial charge >= 0.3 is 12.1 Å². The van der Waals surface area contributed by atoms with E-state index in [0.717, 1.165) is 5.57 Å². The molecule has 0 N–H and O–H groups in total. The van der Waals surface area contributed by atoms with Crippen LogP contribution in [0.5, 0.6) is 0 Å². The van der Waals surface area contributed by atoms with E-state index in [-0.39, 0.29) is 0 Å². The molecule has 104 valence electrons. The van der Waals surface area contributed by atoms with Crippen LogP contribution in [0.15, 0.2) is 11.1 Å². The second-order valence-electron chi connectivity index (χ2n) is 5.18. The molecule has 18 heavy (non-hydrogen) atoms. The topological polar surface area (TPSA) is 61.8 Å². The fourth-order valence-electron chi connectivity index (χ4n) is 0.877. The van der Waals surface area contributed by atoms with Gasteiger partial charge in [0.05, 0.1) is 0 Å². The van der Waals surface area contributed by atoms with Crippen LogP contribution in [0.3, 0.4) is 0 Å². The Kier molecular flexibility index (Phi) is 5.88. The first-order valence-corrected chi connectivity index (χ1v) is 5.77. The largest absolute Gasteiger partial charge is 0.511 e. The number of rotatable bonds is 3. The lowest BCUT2D eigenvalue weighted by molar-refractivity contribution is -0.165. The number of hydrogen-bond acceptors (Lipinski definition) is 5. The molecule has 0 saturated carbocycles. The molecule has 0 bridgehead atoms. The summed E-state index contributed by atoms with van der Waals surface area (Å²) in [4.78, 5) is 22.9. The standard InChI is InChI=1S/C13H22O5/c1-8(2)9(3)11(14)16-10(4)17-12(15)18-13(5,6)7/h10H,1-7H3. The van der Waals surface area contributed by atoms with Crippen molar-refractivity contribution in [3.8, 4) is 0 Å². The van der Waals surface area contributed by atoms with E-state index in [2.05, 4.69) is 0 Å². The van der Waals surface area contributed by atoms with Crippen molar-refractivity contribution >= 4 is 12.1 Å². The predicted molar refractivity (Wildman–Crippen MR) is 66.9 cm³/mol. The lowest BCUT2D eigenvalue weighted by atomic mass is 10.2. The maximum atomic E-state index is 11.5. The number of esters is 1.